The lowest BCUT2D eigenvalue weighted by molar-refractivity contribution is -0.116. The number of hydrazine groups is 1. The largest absolute Gasteiger partial charge is 0.449 e. The van der Waals surface area contributed by atoms with Gasteiger partial charge < -0.3 is 4.74 Å². The van der Waals surface area contributed by atoms with Crippen molar-refractivity contribution >= 4 is 46.5 Å². The minimum absolute atomic E-state index is 0.0341. The second kappa shape index (κ2) is 7.88. The Morgan fingerprint density at radius 3 is 2.77 bits per heavy atom. The fourth-order valence-corrected chi connectivity index (χ4v) is 2.70. The summed E-state index contributed by atoms with van der Waals surface area (Å²) in [6, 6.07) is 14.3. The Morgan fingerprint density at radius 2 is 2.04 bits per heavy atom. The van der Waals surface area contributed by atoms with Gasteiger partial charge in [0.15, 0.2) is 0 Å². The fraction of sp³-hybridized carbons (Fsp3) is 0.167. The predicted molar refractivity (Wildman–Crippen MR) is 100 cm³/mol. The lowest BCUT2D eigenvalue weighted by Gasteiger charge is -2.22. The van der Waals surface area contributed by atoms with E-state index in [9.17, 15) is 9.59 Å². The summed E-state index contributed by atoms with van der Waals surface area (Å²) in [6.07, 6.45) is -0.684. The standard InChI is InChI=1S/C18H17ClN4O3/c1-2-26-18(25)22-21-16-11-17(24)23(13-6-4-3-5-7-13)15-10-12(19)8-9-14(15)20-16/h3-10H,2,11H2,1H3,(H,20,21)(H,22,25). The molecule has 2 aromatic rings. The molecule has 0 fully saturated rings. The molecule has 0 unspecified atom stereocenters. The average molecular weight is 373 g/mol. The lowest BCUT2D eigenvalue weighted by Crippen LogP contribution is -2.43. The van der Waals surface area contributed by atoms with Crippen molar-refractivity contribution in [1.29, 1.82) is 0 Å². The van der Waals surface area contributed by atoms with Crippen molar-refractivity contribution in [3.63, 3.8) is 0 Å². The molecule has 0 aliphatic carbocycles. The first kappa shape index (κ1) is 17.8. The predicted octanol–water partition coefficient (Wildman–Crippen LogP) is 3.69. The van der Waals surface area contributed by atoms with Crippen LogP contribution in [0.4, 0.5) is 21.9 Å². The first-order valence-corrected chi connectivity index (χ1v) is 8.40. The van der Waals surface area contributed by atoms with E-state index in [1.165, 1.54) is 0 Å². The number of ether oxygens (including phenoxy) is 1. The Kier molecular flexibility index (Phi) is 5.38. The highest BCUT2D eigenvalue weighted by Crippen LogP contribution is 2.38. The molecule has 1 aliphatic rings. The molecular formula is C18H17ClN4O3. The summed E-state index contributed by atoms with van der Waals surface area (Å²) in [4.78, 5) is 30.4. The Morgan fingerprint density at radius 1 is 1.27 bits per heavy atom. The van der Waals surface area contributed by atoms with Gasteiger partial charge in [0.25, 0.3) is 0 Å². The fourth-order valence-electron chi connectivity index (χ4n) is 2.53. The first-order valence-electron chi connectivity index (χ1n) is 8.02. The monoisotopic (exact) mass is 372 g/mol. The van der Waals surface area contributed by atoms with Crippen molar-refractivity contribution in [2.75, 3.05) is 11.5 Å². The summed E-state index contributed by atoms with van der Waals surface area (Å²) in [5, 5.41) is 0.494. The van der Waals surface area contributed by atoms with E-state index in [1.807, 2.05) is 30.3 Å². The van der Waals surface area contributed by atoms with Gasteiger partial charge in [-0.05, 0) is 37.3 Å². The molecule has 2 N–H and O–H groups in total. The summed E-state index contributed by atoms with van der Waals surface area (Å²) in [5.41, 5.74) is 6.84. The highest BCUT2D eigenvalue weighted by Gasteiger charge is 2.26. The molecule has 1 heterocycles. The number of carbonyl (C=O) groups is 2. The number of hydrogen-bond acceptors (Lipinski definition) is 5. The van der Waals surface area contributed by atoms with E-state index in [-0.39, 0.29) is 18.9 Å². The number of nitrogens with one attached hydrogen (secondary N) is 2. The number of amidine groups is 1. The van der Waals surface area contributed by atoms with E-state index < -0.39 is 6.09 Å². The summed E-state index contributed by atoms with van der Waals surface area (Å²) >= 11 is 6.13. The Labute approximate surface area is 155 Å². The molecule has 2 amide bonds. The maximum absolute atomic E-state index is 12.9. The number of fused-ring (bicyclic) bond motifs is 1. The van der Waals surface area contributed by atoms with E-state index in [1.54, 1.807) is 30.0 Å². The third-order valence-corrected chi connectivity index (χ3v) is 3.84. The third kappa shape index (κ3) is 3.94. The summed E-state index contributed by atoms with van der Waals surface area (Å²) < 4.78 is 4.79. The minimum atomic E-state index is -0.650. The molecule has 3 rings (SSSR count). The molecule has 8 heteroatoms. The number of aliphatic imine (C=N–C) groups is 1. The van der Waals surface area contributed by atoms with Crippen molar-refractivity contribution in [2.24, 2.45) is 4.99 Å². The van der Waals surface area contributed by atoms with E-state index in [4.69, 9.17) is 16.3 Å². The molecule has 0 bridgehead atoms. The number of rotatable bonds is 2. The van der Waals surface area contributed by atoms with Crippen LogP contribution in [0.2, 0.25) is 5.02 Å². The van der Waals surface area contributed by atoms with Crippen LogP contribution >= 0.6 is 11.6 Å². The van der Waals surface area contributed by atoms with Gasteiger partial charge in [-0.2, -0.15) is 0 Å². The van der Waals surface area contributed by atoms with Gasteiger partial charge in [-0.25, -0.2) is 15.2 Å². The molecule has 0 saturated heterocycles. The van der Waals surface area contributed by atoms with Gasteiger partial charge in [-0.15, -0.1) is 0 Å². The van der Waals surface area contributed by atoms with E-state index in [2.05, 4.69) is 15.8 Å². The van der Waals surface area contributed by atoms with Crippen LogP contribution in [-0.2, 0) is 9.53 Å². The van der Waals surface area contributed by atoms with Gasteiger partial charge in [-0.1, -0.05) is 29.8 Å². The van der Waals surface area contributed by atoms with E-state index in [0.717, 1.165) is 0 Å². The van der Waals surface area contributed by atoms with Crippen LogP contribution in [0.5, 0.6) is 0 Å². The maximum Gasteiger partial charge on any atom is 0.425 e. The Hall–Kier alpha value is -3.06. The first-order chi connectivity index (χ1) is 12.6. The van der Waals surface area contributed by atoms with Crippen molar-refractivity contribution in [3.8, 4) is 0 Å². The van der Waals surface area contributed by atoms with Crippen molar-refractivity contribution in [2.45, 2.75) is 13.3 Å². The average Bonchev–Trinajstić information content (AvgIpc) is 2.76. The van der Waals surface area contributed by atoms with Gasteiger partial charge in [-0.3, -0.25) is 15.1 Å². The number of anilines is 2. The summed E-state index contributed by atoms with van der Waals surface area (Å²) in [7, 11) is 0. The molecule has 0 spiro atoms. The topological polar surface area (TPSA) is 83.0 Å². The van der Waals surface area contributed by atoms with Crippen LogP contribution in [0.1, 0.15) is 13.3 Å². The van der Waals surface area contributed by atoms with E-state index in [0.29, 0.717) is 27.9 Å². The molecular weight excluding hydrogens is 356 g/mol. The normalized spacial score (nSPS) is 13.4. The van der Waals surface area contributed by atoms with Gasteiger partial charge in [0.05, 0.1) is 24.4 Å². The van der Waals surface area contributed by atoms with Crippen LogP contribution in [0.3, 0.4) is 0 Å². The number of carbonyl (C=O) groups excluding carboxylic acids is 2. The van der Waals surface area contributed by atoms with Crippen LogP contribution in [-0.4, -0.2) is 24.4 Å². The number of amides is 2. The molecule has 0 saturated carbocycles. The minimum Gasteiger partial charge on any atom is -0.449 e. The SMILES string of the molecule is CCOC(=O)NNC1=Nc2ccc(Cl)cc2N(c2ccccc2)C(=O)C1. The van der Waals surface area contributed by atoms with Crippen LogP contribution in [0, 0.1) is 0 Å². The molecule has 26 heavy (non-hydrogen) atoms. The second-order valence-electron chi connectivity index (χ2n) is 5.40. The highest BCUT2D eigenvalue weighted by molar-refractivity contribution is 6.31. The zero-order valence-corrected chi connectivity index (χ0v) is 14.8. The van der Waals surface area contributed by atoms with Gasteiger partial charge in [0, 0.05) is 10.7 Å². The number of hydrogen-bond donors (Lipinski definition) is 2. The molecule has 1 aliphatic heterocycles. The van der Waals surface area contributed by atoms with Crippen molar-refractivity contribution in [3.05, 3.63) is 53.6 Å². The van der Waals surface area contributed by atoms with Crippen LogP contribution < -0.4 is 15.8 Å². The molecule has 7 nitrogen and oxygen atoms in total. The molecule has 0 atom stereocenters. The second-order valence-corrected chi connectivity index (χ2v) is 5.84. The lowest BCUT2D eigenvalue weighted by atomic mass is 10.2. The highest BCUT2D eigenvalue weighted by atomic mass is 35.5. The molecule has 2 aromatic carbocycles. The number of para-hydroxylation sites is 1. The van der Waals surface area contributed by atoms with Gasteiger partial charge in [0.1, 0.15) is 5.84 Å². The molecule has 0 aromatic heterocycles. The van der Waals surface area contributed by atoms with Crippen LogP contribution in [0.15, 0.2) is 53.5 Å². The maximum atomic E-state index is 12.9. The zero-order valence-electron chi connectivity index (χ0n) is 14.0. The molecule has 134 valence electrons. The Bertz CT molecular complexity index is 855. The van der Waals surface area contributed by atoms with Crippen LogP contribution in [0.25, 0.3) is 0 Å². The number of benzene rings is 2. The summed E-state index contributed by atoms with van der Waals surface area (Å²) in [6.45, 7) is 1.94. The zero-order chi connectivity index (χ0) is 18.5. The Balaban J connectivity index is 1.95. The van der Waals surface area contributed by atoms with Gasteiger partial charge in [0.2, 0.25) is 5.91 Å². The number of nitrogens with zero attached hydrogens (tertiary/aromatic N) is 2. The van der Waals surface area contributed by atoms with Crippen molar-refractivity contribution in [1.82, 2.24) is 10.9 Å². The third-order valence-electron chi connectivity index (χ3n) is 3.60. The quantitative estimate of drug-likeness (QED) is 0.787. The van der Waals surface area contributed by atoms with Crippen molar-refractivity contribution < 1.29 is 14.3 Å². The van der Waals surface area contributed by atoms with E-state index >= 15 is 0 Å². The summed E-state index contributed by atoms with van der Waals surface area (Å²) in [5.74, 6) is 0.0826. The molecule has 0 radical (unpaired) electrons. The number of halogens is 1. The van der Waals surface area contributed by atoms with Gasteiger partial charge >= 0.3 is 6.09 Å². The smallest absolute Gasteiger partial charge is 0.425 e.